The molecule has 0 heterocycles. The average Bonchev–Trinajstić information content (AvgIpc) is 2.60. The monoisotopic (exact) mass is 377 g/mol. The molecule has 140 valence electrons. The molecule has 0 aromatic heterocycles. The minimum atomic E-state index is -3.31. The van der Waals surface area contributed by atoms with Crippen molar-refractivity contribution in [1.29, 1.82) is 0 Å². The number of ether oxygens (including phenoxy) is 1. The Morgan fingerprint density at radius 1 is 1.04 bits per heavy atom. The average molecular weight is 377 g/mol. The largest absolute Gasteiger partial charge is 0.497 e. The second kappa shape index (κ2) is 8.57. The van der Waals surface area contributed by atoms with E-state index in [1.54, 1.807) is 38.3 Å². The van der Waals surface area contributed by atoms with Crippen molar-refractivity contribution in [2.75, 3.05) is 23.4 Å². The van der Waals surface area contributed by atoms with Crippen LogP contribution in [0.2, 0.25) is 0 Å². The van der Waals surface area contributed by atoms with Gasteiger partial charge in [0.1, 0.15) is 11.8 Å². The van der Waals surface area contributed by atoms with Crippen LogP contribution in [0.1, 0.15) is 12.5 Å². The van der Waals surface area contributed by atoms with Crippen LogP contribution in [0.5, 0.6) is 5.75 Å². The van der Waals surface area contributed by atoms with Gasteiger partial charge in [-0.15, -0.1) is 0 Å². The van der Waals surface area contributed by atoms with Crippen LogP contribution in [0, 0.1) is 0 Å². The molecule has 1 atom stereocenters. The van der Waals surface area contributed by atoms with E-state index < -0.39 is 16.1 Å². The molecule has 26 heavy (non-hydrogen) atoms. The summed E-state index contributed by atoms with van der Waals surface area (Å²) in [5, 5.41) is 5.94. The Morgan fingerprint density at radius 2 is 1.62 bits per heavy atom. The fraction of sp³-hybridized carbons (Fsp3) is 0.278. The smallest absolute Gasteiger partial charge is 0.242 e. The molecule has 0 saturated carbocycles. The second-order valence-electron chi connectivity index (χ2n) is 5.88. The number of methoxy groups -OCH3 is 1. The number of benzene rings is 2. The lowest BCUT2D eigenvalue weighted by Crippen LogP contribution is -2.37. The van der Waals surface area contributed by atoms with Gasteiger partial charge < -0.3 is 15.4 Å². The number of hydrogen-bond acceptors (Lipinski definition) is 5. The molecule has 0 fully saturated rings. The second-order valence-corrected chi connectivity index (χ2v) is 7.63. The summed E-state index contributed by atoms with van der Waals surface area (Å²) in [7, 11) is -1.70. The number of anilines is 2. The fourth-order valence-corrected chi connectivity index (χ4v) is 2.81. The van der Waals surface area contributed by atoms with Crippen LogP contribution in [0.15, 0.2) is 48.5 Å². The zero-order chi connectivity index (χ0) is 19.2. The quantitative estimate of drug-likeness (QED) is 0.655. The van der Waals surface area contributed by atoms with E-state index >= 15 is 0 Å². The molecular formula is C18H23N3O4S. The first-order chi connectivity index (χ1) is 12.3. The number of carbonyl (C=O) groups is 1. The first kappa shape index (κ1) is 19.6. The van der Waals surface area contributed by atoms with E-state index in [9.17, 15) is 13.2 Å². The lowest BCUT2D eigenvalue weighted by molar-refractivity contribution is -0.121. The summed E-state index contributed by atoms with van der Waals surface area (Å²) in [6.45, 7) is 2.18. The van der Waals surface area contributed by atoms with Gasteiger partial charge in [0.05, 0.1) is 13.4 Å². The van der Waals surface area contributed by atoms with Crippen molar-refractivity contribution in [2.24, 2.45) is 0 Å². The highest BCUT2D eigenvalue weighted by molar-refractivity contribution is 7.92. The van der Waals surface area contributed by atoms with Crippen LogP contribution in [0.3, 0.4) is 0 Å². The van der Waals surface area contributed by atoms with Gasteiger partial charge >= 0.3 is 0 Å². The molecule has 0 unspecified atom stereocenters. The Bertz CT molecular complexity index is 834. The highest BCUT2D eigenvalue weighted by Gasteiger charge is 2.12. The normalized spacial score (nSPS) is 12.1. The Balaban J connectivity index is 1.85. The third kappa shape index (κ3) is 6.29. The maximum Gasteiger partial charge on any atom is 0.242 e. The molecule has 0 aliphatic heterocycles. The van der Waals surface area contributed by atoms with E-state index in [0.29, 0.717) is 12.2 Å². The topological polar surface area (TPSA) is 96.5 Å². The number of hydrogen-bond donors (Lipinski definition) is 3. The molecule has 1 amide bonds. The lowest BCUT2D eigenvalue weighted by Gasteiger charge is -2.16. The van der Waals surface area contributed by atoms with Gasteiger partial charge in [0.15, 0.2) is 0 Å². The Hall–Kier alpha value is -2.74. The number of sulfonamides is 1. The standard InChI is InChI=1S/C18H23N3O4S/c1-13(18(22)19-12-14-4-10-17(25-2)11-5-14)20-15-6-8-16(9-7-15)21-26(3,23)24/h4-11,13,20-21H,12H2,1-3H3,(H,19,22)/t13-/m1/s1. The van der Waals surface area contributed by atoms with Crippen molar-refractivity contribution >= 4 is 27.3 Å². The Morgan fingerprint density at radius 3 is 2.15 bits per heavy atom. The van der Waals surface area contributed by atoms with Crippen molar-refractivity contribution in [3.8, 4) is 5.75 Å². The van der Waals surface area contributed by atoms with Crippen molar-refractivity contribution in [2.45, 2.75) is 19.5 Å². The van der Waals surface area contributed by atoms with Crippen LogP contribution < -0.4 is 20.1 Å². The van der Waals surface area contributed by atoms with Crippen molar-refractivity contribution < 1.29 is 17.9 Å². The van der Waals surface area contributed by atoms with Crippen molar-refractivity contribution in [3.63, 3.8) is 0 Å². The molecule has 8 heteroatoms. The Kier molecular flexibility index (Phi) is 6.46. The summed E-state index contributed by atoms with van der Waals surface area (Å²) in [5.74, 6) is 0.628. The van der Waals surface area contributed by atoms with E-state index in [-0.39, 0.29) is 5.91 Å². The molecular weight excluding hydrogens is 354 g/mol. The van der Waals surface area contributed by atoms with Crippen LogP contribution in [-0.4, -0.2) is 33.7 Å². The predicted octanol–water partition coefficient (Wildman–Crippen LogP) is 2.18. The Labute approximate surface area is 153 Å². The van der Waals surface area contributed by atoms with E-state index in [1.807, 2.05) is 24.3 Å². The number of rotatable bonds is 8. The zero-order valence-electron chi connectivity index (χ0n) is 14.9. The SMILES string of the molecule is COc1ccc(CNC(=O)[C@@H](C)Nc2ccc(NS(C)(=O)=O)cc2)cc1. The van der Waals surface area contributed by atoms with Crippen LogP contribution >= 0.6 is 0 Å². The van der Waals surface area contributed by atoms with E-state index in [2.05, 4.69) is 15.4 Å². The lowest BCUT2D eigenvalue weighted by atomic mass is 10.2. The predicted molar refractivity (Wildman–Crippen MR) is 103 cm³/mol. The van der Waals surface area contributed by atoms with Gasteiger partial charge in [-0.05, 0) is 48.9 Å². The molecule has 2 aromatic rings. The third-order valence-electron chi connectivity index (χ3n) is 3.59. The summed E-state index contributed by atoms with van der Waals surface area (Å²) in [6, 6.07) is 13.7. The van der Waals surface area contributed by atoms with Crippen LogP contribution in [0.25, 0.3) is 0 Å². The minimum absolute atomic E-state index is 0.140. The van der Waals surface area contributed by atoms with Gasteiger partial charge in [0, 0.05) is 17.9 Å². The molecule has 2 rings (SSSR count). The van der Waals surface area contributed by atoms with Gasteiger partial charge in [0.25, 0.3) is 0 Å². The number of carbonyl (C=O) groups excluding carboxylic acids is 1. The highest BCUT2D eigenvalue weighted by Crippen LogP contribution is 2.15. The molecule has 0 radical (unpaired) electrons. The maximum absolute atomic E-state index is 12.2. The van der Waals surface area contributed by atoms with E-state index in [0.717, 1.165) is 23.3 Å². The molecule has 0 bridgehead atoms. The molecule has 0 aliphatic rings. The summed E-state index contributed by atoms with van der Waals surface area (Å²) in [5.41, 5.74) is 2.16. The zero-order valence-corrected chi connectivity index (χ0v) is 15.8. The van der Waals surface area contributed by atoms with Gasteiger partial charge in [-0.3, -0.25) is 9.52 Å². The van der Waals surface area contributed by atoms with Gasteiger partial charge in [-0.2, -0.15) is 0 Å². The van der Waals surface area contributed by atoms with Gasteiger partial charge in [-0.25, -0.2) is 8.42 Å². The van der Waals surface area contributed by atoms with E-state index in [4.69, 9.17) is 4.74 Å². The number of amides is 1. The highest BCUT2D eigenvalue weighted by atomic mass is 32.2. The molecule has 0 aliphatic carbocycles. The molecule has 7 nitrogen and oxygen atoms in total. The van der Waals surface area contributed by atoms with Crippen molar-refractivity contribution in [3.05, 3.63) is 54.1 Å². The summed E-state index contributed by atoms with van der Waals surface area (Å²) >= 11 is 0. The van der Waals surface area contributed by atoms with Gasteiger partial charge in [-0.1, -0.05) is 12.1 Å². The number of nitrogens with one attached hydrogen (secondary N) is 3. The third-order valence-corrected chi connectivity index (χ3v) is 4.20. The molecule has 2 aromatic carbocycles. The van der Waals surface area contributed by atoms with Gasteiger partial charge in [0.2, 0.25) is 15.9 Å². The molecule has 3 N–H and O–H groups in total. The van der Waals surface area contributed by atoms with E-state index in [1.165, 1.54) is 0 Å². The first-order valence-corrected chi connectivity index (χ1v) is 9.91. The first-order valence-electron chi connectivity index (χ1n) is 8.02. The maximum atomic E-state index is 12.2. The van der Waals surface area contributed by atoms with Crippen molar-refractivity contribution in [1.82, 2.24) is 5.32 Å². The minimum Gasteiger partial charge on any atom is -0.497 e. The summed E-state index contributed by atoms with van der Waals surface area (Å²) in [4.78, 5) is 12.2. The summed E-state index contributed by atoms with van der Waals surface area (Å²) in [6.07, 6.45) is 1.09. The van der Waals surface area contributed by atoms with Crippen LogP contribution in [-0.2, 0) is 21.4 Å². The van der Waals surface area contributed by atoms with Crippen LogP contribution in [0.4, 0.5) is 11.4 Å². The molecule has 0 spiro atoms. The summed E-state index contributed by atoms with van der Waals surface area (Å²) < 4.78 is 29.9. The molecule has 0 saturated heterocycles. The fourth-order valence-electron chi connectivity index (χ4n) is 2.25.